The first-order valence-corrected chi connectivity index (χ1v) is 4.58. The lowest BCUT2D eigenvalue weighted by Crippen LogP contribution is -2.16. The van der Waals surface area contributed by atoms with Crippen molar-refractivity contribution in [1.82, 2.24) is 4.57 Å². The van der Waals surface area contributed by atoms with Crippen molar-refractivity contribution in [3.63, 3.8) is 0 Å². The van der Waals surface area contributed by atoms with Crippen LogP contribution < -0.4 is 5.56 Å². The van der Waals surface area contributed by atoms with Crippen LogP contribution in [0.1, 0.15) is 0 Å². The summed E-state index contributed by atoms with van der Waals surface area (Å²) in [6.45, 7) is 0.502. The van der Waals surface area contributed by atoms with Crippen LogP contribution in [0, 0.1) is 0 Å². The summed E-state index contributed by atoms with van der Waals surface area (Å²) in [5, 5.41) is 0. The van der Waals surface area contributed by atoms with Gasteiger partial charge in [0.25, 0.3) is 5.56 Å². The molecule has 1 rings (SSSR count). The lowest BCUT2D eigenvalue weighted by molar-refractivity contribution is 0.776. The highest BCUT2D eigenvalue weighted by Gasteiger charge is 1.92. The van der Waals surface area contributed by atoms with Crippen LogP contribution in [0.5, 0.6) is 0 Å². The molecule has 0 saturated heterocycles. The van der Waals surface area contributed by atoms with Crippen molar-refractivity contribution >= 4 is 27.5 Å². The fraction of sp³-hybridized carbons (Fsp3) is 0.125. The molecule has 0 aliphatic rings. The number of rotatable bonds is 2. The summed E-state index contributed by atoms with van der Waals surface area (Å²) in [5.74, 6) is 0. The van der Waals surface area contributed by atoms with E-state index in [0.717, 1.165) is 4.47 Å². The summed E-state index contributed by atoms with van der Waals surface area (Å²) in [7, 11) is 0. The summed E-state index contributed by atoms with van der Waals surface area (Å²) in [6.07, 6.45) is 3.43. The van der Waals surface area contributed by atoms with Gasteiger partial charge in [-0.1, -0.05) is 17.7 Å². The predicted molar refractivity (Wildman–Crippen MR) is 53.4 cm³/mol. The van der Waals surface area contributed by atoms with Crippen molar-refractivity contribution in [1.29, 1.82) is 0 Å². The quantitative estimate of drug-likeness (QED) is 0.787. The highest BCUT2D eigenvalue weighted by atomic mass is 79.9. The normalized spacial score (nSPS) is 10.8. The van der Waals surface area contributed by atoms with E-state index >= 15 is 0 Å². The molecule has 0 fully saturated rings. The van der Waals surface area contributed by atoms with Gasteiger partial charge in [0, 0.05) is 28.8 Å². The van der Waals surface area contributed by atoms with Gasteiger partial charge in [-0.25, -0.2) is 0 Å². The van der Waals surface area contributed by atoms with Gasteiger partial charge >= 0.3 is 0 Å². The Balaban J connectivity index is 2.97. The summed E-state index contributed by atoms with van der Waals surface area (Å²) >= 11 is 8.61. The molecule has 0 radical (unpaired) electrons. The molecule has 0 aliphatic heterocycles. The molecule has 1 heterocycles. The number of hydrogen-bond acceptors (Lipinski definition) is 1. The molecule has 64 valence electrons. The van der Waals surface area contributed by atoms with Crippen LogP contribution in [0.4, 0.5) is 0 Å². The van der Waals surface area contributed by atoms with E-state index in [0.29, 0.717) is 6.54 Å². The molecule has 1 aromatic rings. The molecule has 12 heavy (non-hydrogen) atoms. The van der Waals surface area contributed by atoms with Gasteiger partial charge in [-0.05, 0) is 22.0 Å². The number of nitrogens with zero attached hydrogens (tertiary/aromatic N) is 1. The van der Waals surface area contributed by atoms with Gasteiger partial charge in [0.05, 0.1) is 0 Å². The zero-order valence-corrected chi connectivity index (χ0v) is 8.55. The maximum absolute atomic E-state index is 11.1. The molecule has 1 aromatic heterocycles. The van der Waals surface area contributed by atoms with Crippen LogP contribution in [-0.4, -0.2) is 4.57 Å². The van der Waals surface area contributed by atoms with Crippen LogP contribution in [-0.2, 0) is 6.54 Å². The third-order valence-corrected chi connectivity index (χ3v) is 1.99. The van der Waals surface area contributed by atoms with E-state index in [1.165, 1.54) is 11.6 Å². The third-order valence-electron chi connectivity index (χ3n) is 1.34. The molecule has 0 saturated carbocycles. The highest BCUT2D eigenvalue weighted by Crippen LogP contribution is 2.04. The first-order valence-electron chi connectivity index (χ1n) is 3.35. The molecular formula is C8H7BrClNO. The van der Waals surface area contributed by atoms with E-state index in [1.54, 1.807) is 22.9 Å². The largest absolute Gasteiger partial charge is 0.311 e. The molecule has 2 nitrogen and oxygen atoms in total. The summed E-state index contributed by atoms with van der Waals surface area (Å²) in [4.78, 5) is 11.1. The average Bonchev–Trinajstić information content (AvgIpc) is 2.07. The van der Waals surface area contributed by atoms with Crippen molar-refractivity contribution in [2.75, 3.05) is 0 Å². The summed E-state index contributed by atoms with van der Waals surface area (Å²) < 4.78 is 2.44. The Kier molecular flexibility index (Phi) is 3.56. The average molecular weight is 249 g/mol. The van der Waals surface area contributed by atoms with E-state index in [4.69, 9.17) is 11.6 Å². The lowest BCUT2D eigenvalue weighted by atomic mass is 10.4. The van der Waals surface area contributed by atoms with Crippen LogP contribution in [0.2, 0.25) is 0 Å². The molecule has 0 spiro atoms. The van der Waals surface area contributed by atoms with Crippen molar-refractivity contribution in [3.05, 3.63) is 44.8 Å². The second kappa shape index (κ2) is 4.48. The molecule has 0 bridgehead atoms. The Bertz CT molecular complexity index is 345. The number of pyridine rings is 1. The lowest BCUT2D eigenvalue weighted by Gasteiger charge is -2.00. The standard InChI is InChI=1S/C8H7BrClNO/c9-7-2-3-8(12)11(6-7)5-1-4-10/h1-4,6H,5H2. The van der Waals surface area contributed by atoms with Gasteiger partial charge in [0.1, 0.15) is 0 Å². The Hall–Kier alpha value is -0.540. The Morgan fingerprint density at radius 2 is 2.33 bits per heavy atom. The van der Waals surface area contributed by atoms with Crippen LogP contribution >= 0.6 is 27.5 Å². The second-order valence-corrected chi connectivity index (χ2v) is 3.37. The van der Waals surface area contributed by atoms with Gasteiger partial charge in [0.15, 0.2) is 0 Å². The van der Waals surface area contributed by atoms with Crippen LogP contribution in [0.25, 0.3) is 0 Å². The first kappa shape index (κ1) is 9.55. The highest BCUT2D eigenvalue weighted by molar-refractivity contribution is 9.10. The van der Waals surface area contributed by atoms with E-state index < -0.39 is 0 Å². The second-order valence-electron chi connectivity index (χ2n) is 2.20. The van der Waals surface area contributed by atoms with Gasteiger partial charge in [-0.2, -0.15) is 0 Å². The van der Waals surface area contributed by atoms with Gasteiger partial charge in [-0.15, -0.1) is 0 Å². The van der Waals surface area contributed by atoms with Gasteiger partial charge in [0.2, 0.25) is 0 Å². The maximum Gasteiger partial charge on any atom is 0.250 e. The summed E-state index contributed by atoms with van der Waals surface area (Å²) in [5.41, 5.74) is 1.36. The zero-order valence-electron chi connectivity index (χ0n) is 6.21. The third kappa shape index (κ3) is 2.50. The van der Waals surface area contributed by atoms with E-state index in [1.807, 2.05) is 0 Å². The van der Waals surface area contributed by atoms with Gasteiger partial charge < -0.3 is 4.57 Å². The zero-order chi connectivity index (χ0) is 8.97. The Morgan fingerprint density at radius 1 is 1.58 bits per heavy atom. The molecule has 0 unspecified atom stereocenters. The van der Waals surface area contributed by atoms with Crippen LogP contribution in [0.3, 0.4) is 0 Å². The minimum Gasteiger partial charge on any atom is -0.311 e. The SMILES string of the molecule is O=c1ccc(Br)cn1CC=CCl. The molecule has 0 aliphatic carbocycles. The number of hydrogen-bond donors (Lipinski definition) is 0. The fourth-order valence-electron chi connectivity index (χ4n) is 0.798. The van der Waals surface area contributed by atoms with E-state index in [2.05, 4.69) is 15.9 Å². The molecule has 0 amide bonds. The van der Waals surface area contributed by atoms with Crippen molar-refractivity contribution < 1.29 is 0 Å². The molecule has 4 heteroatoms. The molecular weight excluding hydrogens is 241 g/mol. The minimum absolute atomic E-state index is 0.0343. The van der Waals surface area contributed by atoms with E-state index in [9.17, 15) is 4.79 Å². The van der Waals surface area contributed by atoms with E-state index in [-0.39, 0.29) is 5.56 Å². The monoisotopic (exact) mass is 247 g/mol. The maximum atomic E-state index is 11.1. The van der Waals surface area contributed by atoms with Gasteiger partial charge in [-0.3, -0.25) is 4.79 Å². The fourth-order valence-corrected chi connectivity index (χ4v) is 1.26. The topological polar surface area (TPSA) is 22.0 Å². The van der Waals surface area contributed by atoms with Crippen LogP contribution in [0.15, 0.2) is 39.2 Å². The molecule has 0 atom stereocenters. The Labute approximate surface area is 83.6 Å². The number of aromatic nitrogens is 1. The van der Waals surface area contributed by atoms with Crippen molar-refractivity contribution in [3.8, 4) is 0 Å². The predicted octanol–water partition coefficient (Wildman–Crippen LogP) is 2.36. The smallest absolute Gasteiger partial charge is 0.250 e. The number of allylic oxidation sites excluding steroid dienone is 1. The summed E-state index contributed by atoms with van der Waals surface area (Å²) in [6, 6.07) is 3.22. The van der Waals surface area contributed by atoms with Crippen molar-refractivity contribution in [2.45, 2.75) is 6.54 Å². The van der Waals surface area contributed by atoms with Crippen molar-refractivity contribution in [2.24, 2.45) is 0 Å². The molecule has 0 N–H and O–H groups in total. The first-order chi connectivity index (χ1) is 5.74. The Morgan fingerprint density at radius 3 is 3.00 bits per heavy atom. The minimum atomic E-state index is -0.0343. The molecule has 0 aromatic carbocycles. The number of halogens is 2.